The van der Waals surface area contributed by atoms with Crippen LogP contribution in [0.5, 0.6) is 0 Å². The Kier molecular flexibility index (Phi) is 5.60. The van der Waals surface area contributed by atoms with Crippen molar-refractivity contribution in [3.8, 4) is 0 Å². The largest absolute Gasteiger partial charge is 0.310 e. The van der Waals surface area contributed by atoms with Crippen LogP contribution in [-0.4, -0.2) is 18.6 Å². The lowest BCUT2D eigenvalue weighted by Gasteiger charge is -2.15. The van der Waals surface area contributed by atoms with Crippen LogP contribution < -0.4 is 5.32 Å². The van der Waals surface area contributed by atoms with Gasteiger partial charge in [0.2, 0.25) is 0 Å². The van der Waals surface area contributed by atoms with Gasteiger partial charge in [-0.05, 0) is 48.9 Å². The van der Waals surface area contributed by atoms with E-state index in [0.29, 0.717) is 6.04 Å². The van der Waals surface area contributed by atoms with Gasteiger partial charge in [0.25, 0.3) is 0 Å². The summed E-state index contributed by atoms with van der Waals surface area (Å²) in [6.07, 6.45) is 3.40. The summed E-state index contributed by atoms with van der Waals surface area (Å²) in [4.78, 5) is 1.41. The van der Waals surface area contributed by atoms with Gasteiger partial charge in [-0.3, -0.25) is 0 Å². The Morgan fingerprint density at radius 3 is 2.86 bits per heavy atom. The first kappa shape index (κ1) is 12.1. The third-order valence-corrected chi connectivity index (χ3v) is 3.74. The van der Waals surface area contributed by atoms with E-state index in [4.69, 9.17) is 0 Å². The second-order valence-corrected chi connectivity index (χ2v) is 5.48. The Balaban J connectivity index is 2.57. The van der Waals surface area contributed by atoms with Crippen molar-refractivity contribution in [2.75, 3.05) is 18.6 Å². The van der Waals surface area contributed by atoms with Crippen molar-refractivity contribution in [2.24, 2.45) is 0 Å². The van der Waals surface area contributed by atoms with E-state index < -0.39 is 0 Å². The minimum absolute atomic E-state index is 0.553. The summed E-state index contributed by atoms with van der Waals surface area (Å²) in [6.45, 7) is 5.39. The van der Waals surface area contributed by atoms with E-state index >= 15 is 0 Å². The molecule has 1 unspecified atom stereocenters. The molecule has 1 heterocycles. The minimum Gasteiger partial charge on any atom is -0.310 e. The predicted octanol–water partition coefficient (Wildman–Crippen LogP) is 3.46. The molecule has 0 saturated heterocycles. The third kappa shape index (κ3) is 3.64. The number of aryl methyl sites for hydroxylation is 1. The van der Waals surface area contributed by atoms with E-state index in [1.807, 2.05) is 23.1 Å². The van der Waals surface area contributed by atoms with Crippen LogP contribution >= 0.6 is 23.1 Å². The lowest BCUT2D eigenvalue weighted by atomic mass is 10.1. The van der Waals surface area contributed by atoms with Gasteiger partial charge in [0.05, 0.1) is 0 Å². The van der Waals surface area contributed by atoms with Crippen LogP contribution in [0.4, 0.5) is 0 Å². The highest BCUT2D eigenvalue weighted by Gasteiger charge is 2.10. The fourth-order valence-electron chi connectivity index (χ4n) is 1.52. The normalized spacial score (nSPS) is 13.1. The summed E-state index contributed by atoms with van der Waals surface area (Å²) in [6, 6.07) is 2.86. The number of hydrogen-bond acceptors (Lipinski definition) is 3. The molecule has 0 amide bonds. The summed E-state index contributed by atoms with van der Waals surface area (Å²) in [5.41, 5.74) is 1.46. The maximum atomic E-state index is 3.54. The van der Waals surface area contributed by atoms with Crippen LogP contribution in [0.2, 0.25) is 0 Å². The smallest absolute Gasteiger partial charge is 0.0336 e. The van der Waals surface area contributed by atoms with Crippen molar-refractivity contribution in [3.05, 3.63) is 21.9 Å². The fourth-order valence-corrected chi connectivity index (χ4v) is 2.74. The summed E-state index contributed by atoms with van der Waals surface area (Å²) < 4.78 is 0. The van der Waals surface area contributed by atoms with E-state index in [1.165, 1.54) is 22.6 Å². The van der Waals surface area contributed by atoms with E-state index in [1.54, 1.807) is 0 Å². The average Bonchev–Trinajstić information content (AvgIpc) is 2.59. The molecular weight excluding hydrogens is 210 g/mol. The molecule has 1 nitrogen and oxygen atoms in total. The van der Waals surface area contributed by atoms with E-state index in [2.05, 4.69) is 36.9 Å². The standard InChI is InChI=1S/C11H19NS2/c1-4-12-11(5-6-13-3)10-7-9(2)14-8-10/h7-8,11-12H,4-6H2,1-3H3. The van der Waals surface area contributed by atoms with Crippen molar-refractivity contribution in [1.82, 2.24) is 5.32 Å². The second kappa shape index (κ2) is 6.49. The molecule has 80 valence electrons. The van der Waals surface area contributed by atoms with Crippen molar-refractivity contribution in [2.45, 2.75) is 26.3 Å². The van der Waals surface area contributed by atoms with Gasteiger partial charge in [-0.1, -0.05) is 6.92 Å². The third-order valence-electron chi connectivity index (χ3n) is 2.21. The highest BCUT2D eigenvalue weighted by atomic mass is 32.2. The lowest BCUT2D eigenvalue weighted by Crippen LogP contribution is -2.20. The second-order valence-electron chi connectivity index (χ2n) is 3.38. The molecule has 1 rings (SSSR count). The number of rotatable bonds is 6. The van der Waals surface area contributed by atoms with Crippen LogP contribution in [-0.2, 0) is 0 Å². The zero-order valence-electron chi connectivity index (χ0n) is 9.17. The van der Waals surface area contributed by atoms with Gasteiger partial charge < -0.3 is 5.32 Å². The zero-order valence-corrected chi connectivity index (χ0v) is 10.8. The van der Waals surface area contributed by atoms with Gasteiger partial charge in [0, 0.05) is 10.9 Å². The molecule has 1 aromatic rings. The molecule has 0 aliphatic carbocycles. The Hall–Kier alpha value is 0.0100. The maximum absolute atomic E-state index is 3.54. The van der Waals surface area contributed by atoms with Gasteiger partial charge in [0.15, 0.2) is 0 Å². The SMILES string of the molecule is CCNC(CCSC)c1csc(C)c1. The highest BCUT2D eigenvalue weighted by Crippen LogP contribution is 2.23. The Labute approximate surface area is 95.3 Å². The molecule has 1 atom stereocenters. The van der Waals surface area contributed by atoms with Crippen molar-refractivity contribution in [3.63, 3.8) is 0 Å². The number of thiophene rings is 1. The number of nitrogens with one attached hydrogen (secondary N) is 1. The monoisotopic (exact) mass is 229 g/mol. The van der Waals surface area contributed by atoms with Crippen molar-refractivity contribution in [1.29, 1.82) is 0 Å². The van der Waals surface area contributed by atoms with E-state index in [-0.39, 0.29) is 0 Å². The molecule has 0 aromatic carbocycles. The minimum atomic E-state index is 0.553. The number of thioether (sulfide) groups is 1. The molecule has 0 spiro atoms. The summed E-state index contributed by atoms with van der Waals surface area (Å²) in [5, 5.41) is 5.82. The topological polar surface area (TPSA) is 12.0 Å². The summed E-state index contributed by atoms with van der Waals surface area (Å²) in [5.74, 6) is 1.23. The summed E-state index contributed by atoms with van der Waals surface area (Å²) in [7, 11) is 0. The van der Waals surface area contributed by atoms with Gasteiger partial charge in [-0.25, -0.2) is 0 Å². The quantitative estimate of drug-likeness (QED) is 0.802. The molecule has 14 heavy (non-hydrogen) atoms. The lowest BCUT2D eigenvalue weighted by molar-refractivity contribution is 0.542. The first-order chi connectivity index (χ1) is 6.77. The van der Waals surface area contributed by atoms with Gasteiger partial charge >= 0.3 is 0 Å². The molecule has 1 N–H and O–H groups in total. The first-order valence-electron chi connectivity index (χ1n) is 5.05. The molecule has 0 aliphatic rings. The van der Waals surface area contributed by atoms with Crippen LogP contribution in [0.1, 0.15) is 29.8 Å². The molecule has 0 saturated carbocycles. The number of hydrogen-bond donors (Lipinski definition) is 1. The predicted molar refractivity (Wildman–Crippen MR) is 68.5 cm³/mol. The first-order valence-corrected chi connectivity index (χ1v) is 7.32. The Bertz CT molecular complexity index is 258. The van der Waals surface area contributed by atoms with Gasteiger partial charge in [-0.15, -0.1) is 11.3 Å². The van der Waals surface area contributed by atoms with Gasteiger partial charge in [-0.2, -0.15) is 11.8 Å². The Morgan fingerprint density at radius 2 is 2.36 bits per heavy atom. The van der Waals surface area contributed by atoms with Crippen LogP contribution in [0.25, 0.3) is 0 Å². The average molecular weight is 229 g/mol. The van der Waals surface area contributed by atoms with Crippen LogP contribution in [0.15, 0.2) is 11.4 Å². The molecule has 0 radical (unpaired) electrons. The van der Waals surface area contributed by atoms with E-state index in [0.717, 1.165) is 6.54 Å². The molecule has 0 fully saturated rings. The zero-order chi connectivity index (χ0) is 10.4. The Morgan fingerprint density at radius 1 is 1.57 bits per heavy atom. The molecular formula is C11H19NS2. The molecule has 0 bridgehead atoms. The van der Waals surface area contributed by atoms with Crippen LogP contribution in [0.3, 0.4) is 0 Å². The highest BCUT2D eigenvalue weighted by molar-refractivity contribution is 7.98. The maximum Gasteiger partial charge on any atom is 0.0336 e. The van der Waals surface area contributed by atoms with Crippen molar-refractivity contribution < 1.29 is 0 Å². The summed E-state index contributed by atoms with van der Waals surface area (Å²) >= 11 is 3.77. The molecule has 1 aromatic heterocycles. The van der Waals surface area contributed by atoms with Crippen LogP contribution in [0, 0.1) is 6.92 Å². The van der Waals surface area contributed by atoms with E-state index in [9.17, 15) is 0 Å². The van der Waals surface area contributed by atoms with Crippen molar-refractivity contribution >= 4 is 23.1 Å². The molecule has 0 aliphatic heterocycles. The van der Waals surface area contributed by atoms with Gasteiger partial charge in [0.1, 0.15) is 0 Å². The fraction of sp³-hybridized carbons (Fsp3) is 0.636. The molecule has 3 heteroatoms.